The van der Waals surface area contributed by atoms with Crippen LogP contribution in [0.3, 0.4) is 0 Å². The van der Waals surface area contributed by atoms with Gasteiger partial charge in [-0.3, -0.25) is 10.1 Å². The second kappa shape index (κ2) is 10.3. The monoisotopic (exact) mass is 446 g/mol. The minimum atomic E-state index is -0.388. The maximum absolute atomic E-state index is 11.5. The fraction of sp³-hybridized carbons (Fsp3) is 0.0952. The van der Waals surface area contributed by atoms with E-state index in [-0.39, 0.29) is 17.2 Å². The summed E-state index contributed by atoms with van der Waals surface area (Å²) in [7, 11) is 0. The highest BCUT2D eigenvalue weighted by Gasteiger charge is 2.15. The fourth-order valence-electron chi connectivity index (χ4n) is 2.45. The van der Waals surface area contributed by atoms with Crippen molar-refractivity contribution in [2.24, 2.45) is 5.16 Å². The number of halogens is 2. The molecule has 5 nitrogen and oxygen atoms in total. The van der Waals surface area contributed by atoms with Crippen molar-refractivity contribution in [3.63, 3.8) is 0 Å². The van der Waals surface area contributed by atoms with Gasteiger partial charge in [0.2, 0.25) is 0 Å². The number of benzene rings is 3. The highest BCUT2D eigenvalue weighted by Crippen LogP contribution is 2.32. The van der Waals surface area contributed by atoms with E-state index in [0.29, 0.717) is 26.3 Å². The van der Waals surface area contributed by atoms with Gasteiger partial charge in [0.05, 0.1) is 26.1 Å². The average molecular weight is 447 g/mol. The Morgan fingerprint density at radius 3 is 2.52 bits per heavy atom. The molecule has 0 radical (unpaired) electrons. The molecule has 0 heterocycles. The molecule has 0 bridgehead atoms. The third-order valence-electron chi connectivity index (χ3n) is 3.91. The smallest absolute Gasteiger partial charge is 0.283 e. The molecule has 3 aromatic rings. The van der Waals surface area contributed by atoms with Gasteiger partial charge in [-0.25, -0.2) is 0 Å². The van der Waals surface area contributed by atoms with Crippen LogP contribution in [-0.4, -0.2) is 11.1 Å². The van der Waals surface area contributed by atoms with E-state index in [4.69, 9.17) is 28.0 Å². The SMILES string of the molecule is O=[N+]([O-])c1cc(/C=N\OCc2ccc(Cl)c(Cl)c2)ccc1SCc1ccccc1. The molecular formula is C21H16Cl2N2O3S. The summed E-state index contributed by atoms with van der Waals surface area (Å²) >= 11 is 13.3. The van der Waals surface area contributed by atoms with Crippen LogP contribution in [0.25, 0.3) is 0 Å². The largest absolute Gasteiger partial charge is 0.391 e. The predicted molar refractivity (Wildman–Crippen MR) is 118 cm³/mol. The molecule has 0 aliphatic heterocycles. The second-order valence-electron chi connectivity index (χ2n) is 6.01. The van der Waals surface area contributed by atoms with Gasteiger partial charge in [-0.05, 0) is 29.3 Å². The summed E-state index contributed by atoms with van der Waals surface area (Å²) in [4.78, 5) is 16.9. The van der Waals surface area contributed by atoms with Crippen molar-refractivity contribution in [1.29, 1.82) is 0 Å². The van der Waals surface area contributed by atoms with Gasteiger partial charge in [0.15, 0.2) is 0 Å². The first-order valence-electron chi connectivity index (χ1n) is 8.57. The topological polar surface area (TPSA) is 64.7 Å². The van der Waals surface area contributed by atoms with Crippen molar-refractivity contribution in [2.45, 2.75) is 17.3 Å². The normalized spacial score (nSPS) is 11.0. The number of thioether (sulfide) groups is 1. The fourth-order valence-corrected chi connectivity index (χ4v) is 3.74. The lowest BCUT2D eigenvalue weighted by Gasteiger charge is -2.05. The summed E-state index contributed by atoms with van der Waals surface area (Å²) in [5.74, 6) is 0.655. The summed E-state index contributed by atoms with van der Waals surface area (Å²) in [6.45, 7) is 0.209. The molecule has 3 rings (SSSR count). The summed E-state index contributed by atoms with van der Waals surface area (Å²) in [5.41, 5.74) is 2.54. The standard InChI is InChI=1S/C21H16Cl2N2O3S/c22-18-8-6-17(10-19(18)23)13-28-24-12-16-7-9-21(20(11-16)25(26)27)29-14-15-4-2-1-3-5-15/h1-12H,13-14H2/b24-12-. The quantitative estimate of drug-likeness (QED) is 0.166. The van der Waals surface area contributed by atoms with E-state index < -0.39 is 0 Å². The van der Waals surface area contributed by atoms with E-state index in [9.17, 15) is 10.1 Å². The Kier molecular flexibility index (Phi) is 7.52. The van der Waals surface area contributed by atoms with E-state index in [0.717, 1.165) is 11.1 Å². The molecule has 0 aliphatic rings. The van der Waals surface area contributed by atoms with Crippen molar-refractivity contribution >= 4 is 46.9 Å². The molecular weight excluding hydrogens is 431 g/mol. The number of oxime groups is 1. The zero-order valence-electron chi connectivity index (χ0n) is 15.1. The predicted octanol–water partition coefficient (Wildman–Crippen LogP) is 6.74. The summed E-state index contributed by atoms with van der Waals surface area (Å²) in [6, 6.07) is 20.0. The maximum atomic E-state index is 11.5. The Morgan fingerprint density at radius 1 is 1.00 bits per heavy atom. The Labute approximate surface area is 182 Å². The third kappa shape index (κ3) is 6.22. The van der Waals surface area contributed by atoms with Crippen molar-refractivity contribution in [3.8, 4) is 0 Å². The molecule has 0 unspecified atom stereocenters. The van der Waals surface area contributed by atoms with Crippen LogP contribution in [0.2, 0.25) is 10.0 Å². The molecule has 3 aromatic carbocycles. The molecule has 0 aliphatic carbocycles. The van der Waals surface area contributed by atoms with Gasteiger partial charge in [0, 0.05) is 17.4 Å². The van der Waals surface area contributed by atoms with Crippen molar-refractivity contribution < 1.29 is 9.76 Å². The van der Waals surface area contributed by atoms with Crippen LogP contribution in [-0.2, 0) is 17.2 Å². The van der Waals surface area contributed by atoms with E-state index in [1.807, 2.05) is 30.3 Å². The zero-order valence-corrected chi connectivity index (χ0v) is 17.5. The first-order valence-corrected chi connectivity index (χ1v) is 10.3. The molecule has 0 saturated carbocycles. The molecule has 8 heteroatoms. The van der Waals surface area contributed by atoms with Crippen molar-refractivity contribution in [1.82, 2.24) is 0 Å². The van der Waals surface area contributed by atoms with Crippen molar-refractivity contribution in [3.05, 3.63) is 104 Å². The molecule has 0 spiro atoms. The minimum Gasteiger partial charge on any atom is -0.391 e. The number of hydrogen-bond acceptors (Lipinski definition) is 5. The number of nitro benzene ring substituents is 1. The highest BCUT2D eigenvalue weighted by molar-refractivity contribution is 7.98. The third-order valence-corrected chi connectivity index (χ3v) is 5.78. The van der Waals surface area contributed by atoms with Gasteiger partial charge in [-0.1, -0.05) is 70.8 Å². The maximum Gasteiger partial charge on any atom is 0.283 e. The van der Waals surface area contributed by atoms with Crippen LogP contribution in [0.1, 0.15) is 16.7 Å². The number of nitrogens with zero attached hydrogens (tertiary/aromatic N) is 2. The van der Waals surface area contributed by atoms with Crippen LogP contribution in [0.5, 0.6) is 0 Å². The highest BCUT2D eigenvalue weighted by atomic mass is 35.5. The van der Waals surface area contributed by atoms with Gasteiger partial charge < -0.3 is 4.84 Å². The number of hydrogen-bond donors (Lipinski definition) is 0. The van der Waals surface area contributed by atoms with Gasteiger partial charge in [-0.2, -0.15) is 0 Å². The van der Waals surface area contributed by atoms with Gasteiger partial charge in [0.25, 0.3) is 5.69 Å². The molecule has 0 amide bonds. The molecule has 0 aromatic heterocycles. The Hall–Kier alpha value is -2.54. The minimum absolute atomic E-state index is 0.0411. The first-order chi connectivity index (χ1) is 14.0. The molecule has 0 fully saturated rings. The Morgan fingerprint density at radius 2 is 1.79 bits per heavy atom. The molecule has 29 heavy (non-hydrogen) atoms. The second-order valence-corrected chi connectivity index (χ2v) is 7.85. The summed E-state index contributed by atoms with van der Waals surface area (Å²) < 4.78 is 0. The summed E-state index contributed by atoms with van der Waals surface area (Å²) in [6.07, 6.45) is 1.44. The van der Waals surface area contributed by atoms with Crippen LogP contribution in [0.4, 0.5) is 5.69 Å². The molecule has 0 atom stereocenters. The number of rotatable bonds is 8. The van der Waals surface area contributed by atoms with E-state index >= 15 is 0 Å². The Balaban J connectivity index is 1.63. The van der Waals surface area contributed by atoms with Crippen LogP contribution in [0.15, 0.2) is 76.8 Å². The molecule has 148 valence electrons. The van der Waals surface area contributed by atoms with E-state index in [1.54, 1.807) is 30.3 Å². The first kappa shape index (κ1) is 21.2. The lowest BCUT2D eigenvalue weighted by atomic mass is 10.2. The van der Waals surface area contributed by atoms with E-state index in [2.05, 4.69) is 5.16 Å². The van der Waals surface area contributed by atoms with Crippen LogP contribution < -0.4 is 0 Å². The van der Waals surface area contributed by atoms with Crippen molar-refractivity contribution in [2.75, 3.05) is 0 Å². The van der Waals surface area contributed by atoms with Crippen LogP contribution in [0, 0.1) is 10.1 Å². The average Bonchev–Trinajstić information content (AvgIpc) is 2.73. The number of nitro groups is 1. The molecule has 0 saturated heterocycles. The molecule has 0 N–H and O–H groups in total. The van der Waals surface area contributed by atoms with Crippen LogP contribution >= 0.6 is 35.0 Å². The van der Waals surface area contributed by atoms with E-state index in [1.165, 1.54) is 24.0 Å². The zero-order chi connectivity index (χ0) is 20.6. The summed E-state index contributed by atoms with van der Waals surface area (Å²) in [5, 5.41) is 16.2. The lowest BCUT2D eigenvalue weighted by Crippen LogP contribution is -1.94. The Bertz CT molecular complexity index is 1030. The van der Waals surface area contributed by atoms with Gasteiger partial charge in [0.1, 0.15) is 6.61 Å². The van der Waals surface area contributed by atoms with Gasteiger partial charge in [-0.15, -0.1) is 11.8 Å². The van der Waals surface area contributed by atoms with Gasteiger partial charge >= 0.3 is 0 Å². The lowest BCUT2D eigenvalue weighted by molar-refractivity contribution is -0.387.